The first-order valence-electron chi connectivity index (χ1n) is 4.83. The molecule has 0 aromatic heterocycles. The van der Waals surface area contributed by atoms with E-state index in [0.717, 1.165) is 17.7 Å². The van der Waals surface area contributed by atoms with Crippen molar-refractivity contribution in [2.24, 2.45) is 0 Å². The highest BCUT2D eigenvalue weighted by Crippen LogP contribution is 2.45. The molecular formula is C11H12Cl2OS. The monoisotopic (exact) mass is 262 g/mol. The summed E-state index contributed by atoms with van der Waals surface area (Å²) in [5, 5.41) is 11.9. The Hall–Kier alpha value is 0.110. The van der Waals surface area contributed by atoms with E-state index in [9.17, 15) is 5.11 Å². The first kappa shape index (κ1) is 11.6. The molecule has 1 N–H and O–H groups in total. The lowest BCUT2D eigenvalue weighted by Crippen LogP contribution is -2.31. The number of benzene rings is 1. The molecule has 1 aromatic rings. The maximum Gasteiger partial charge on any atom is 0.103 e. The largest absolute Gasteiger partial charge is 0.384 e. The third-order valence-electron chi connectivity index (χ3n) is 2.92. The van der Waals surface area contributed by atoms with Gasteiger partial charge in [0.15, 0.2) is 0 Å². The van der Waals surface area contributed by atoms with E-state index < -0.39 is 5.60 Å². The number of halogens is 2. The van der Waals surface area contributed by atoms with Crippen molar-refractivity contribution in [2.45, 2.75) is 24.2 Å². The molecule has 0 amide bonds. The van der Waals surface area contributed by atoms with Crippen molar-refractivity contribution in [3.05, 3.63) is 33.8 Å². The summed E-state index contributed by atoms with van der Waals surface area (Å²) in [6, 6.07) is 5.25. The number of hydrogen-bond donors (Lipinski definition) is 1. The molecule has 2 atom stereocenters. The molecule has 0 saturated carbocycles. The van der Waals surface area contributed by atoms with Gasteiger partial charge in [0.1, 0.15) is 5.60 Å². The molecule has 0 radical (unpaired) electrons. The third kappa shape index (κ3) is 2.01. The Morgan fingerprint density at radius 3 is 2.80 bits per heavy atom. The number of hydrogen-bond acceptors (Lipinski definition) is 2. The van der Waals surface area contributed by atoms with Gasteiger partial charge < -0.3 is 5.11 Å². The van der Waals surface area contributed by atoms with Gasteiger partial charge in [0.25, 0.3) is 0 Å². The zero-order valence-electron chi connectivity index (χ0n) is 8.34. The van der Waals surface area contributed by atoms with Crippen LogP contribution in [0.5, 0.6) is 0 Å². The molecule has 2 unspecified atom stereocenters. The van der Waals surface area contributed by atoms with Crippen LogP contribution in [0, 0.1) is 0 Å². The summed E-state index contributed by atoms with van der Waals surface area (Å²) in [7, 11) is 0. The van der Waals surface area contributed by atoms with E-state index in [-0.39, 0.29) is 5.25 Å². The minimum Gasteiger partial charge on any atom is -0.384 e. The van der Waals surface area contributed by atoms with Crippen LogP contribution in [-0.4, -0.2) is 16.1 Å². The van der Waals surface area contributed by atoms with Gasteiger partial charge in [-0.25, -0.2) is 0 Å². The molecule has 1 heterocycles. The fourth-order valence-corrected chi connectivity index (χ4v) is 3.67. The molecule has 1 saturated heterocycles. The molecule has 0 spiro atoms. The van der Waals surface area contributed by atoms with Crippen molar-refractivity contribution in [1.82, 2.24) is 0 Å². The van der Waals surface area contributed by atoms with Crippen LogP contribution in [0.3, 0.4) is 0 Å². The van der Waals surface area contributed by atoms with Gasteiger partial charge >= 0.3 is 0 Å². The average molecular weight is 263 g/mol. The van der Waals surface area contributed by atoms with E-state index in [0.29, 0.717) is 10.0 Å². The molecule has 1 nitrogen and oxygen atoms in total. The van der Waals surface area contributed by atoms with Crippen LogP contribution in [0.4, 0.5) is 0 Å². The van der Waals surface area contributed by atoms with Crippen LogP contribution < -0.4 is 0 Å². The smallest absolute Gasteiger partial charge is 0.103 e. The van der Waals surface area contributed by atoms with Gasteiger partial charge in [0, 0.05) is 20.9 Å². The molecule has 1 aliphatic heterocycles. The molecule has 0 bridgehead atoms. The number of aliphatic hydroxyl groups is 1. The fraction of sp³-hybridized carbons (Fsp3) is 0.455. The molecule has 1 fully saturated rings. The van der Waals surface area contributed by atoms with Gasteiger partial charge in [-0.15, -0.1) is 0 Å². The summed E-state index contributed by atoms with van der Waals surface area (Å²) < 4.78 is 0. The summed E-state index contributed by atoms with van der Waals surface area (Å²) in [6.07, 6.45) is 0.735. The summed E-state index contributed by atoms with van der Waals surface area (Å²) in [5.41, 5.74) is -0.0682. The predicted octanol–water partition coefficient (Wildman–Crippen LogP) is 3.71. The summed E-state index contributed by atoms with van der Waals surface area (Å²) >= 11 is 13.8. The predicted molar refractivity (Wildman–Crippen MR) is 66.9 cm³/mol. The molecule has 82 valence electrons. The van der Waals surface area contributed by atoms with Crippen molar-refractivity contribution in [3.63, 3.8) is 0 Å². The topological polar surface area (TPSA) is 20.2 Å². The van der Waals surface area contributed by atoms with E-state index in [2.05, 4.69) is 0 Å². The second-order valence-corrected chi connectivity index (χ2v) is 6.10. The van der Waals surface area contributed by atoms with Crippen molar-refractivity contribution in [2.75, 3.05) is 5.75 Å². The van der Waals surface area contributed by atoms with Gasteiger partial charge in [0.2, 0.25) is 0 Å². The Bertz CT molecular complexity index is 383. The van der Waals surface area contributed by atoms with Crippen molar-refractivity contribution in [3.8, 4) is 0 Å². The molecule has 2 rings (SSSR count). The zero-order valence-corrected chi connectivity index (χ0v) is 10.7. The first-order chi connectivity index (χ1) is 7.04. The summed E-state index contributed by atoms with van der Waals surface area (Å²) in [4.78, 5) is 0. The molecular weight excluding hydrogens is 251 g/mol. The van der Waals surface area contributed by atoms with Crippen LogP contribution in [0.2, 0.25) is 10.0 Å². The maximum atomic E-state index is 10.6. The Balaban J connectivity index is 2.48. The normalized spacial score (nSPS) is 30.8. The van der Waals surface area contributed by atoms with Gasteiger partial charge in [0.05, 0.1) is 0 Å². The quantitative estimate of drug-likeness (QED) is 0.833. The van der Waals surface area contributed by atoms with Crippen LogP contribution in [-0.2, 0) is 5.60 Å². The lowest BCUT2D eigenvalue weighted by atomic mass is 9.88. The molecule has 1 aromatic carbocycles. The van der Waals surface area contributed by atoms with E-state index in [1.165, 1.54) is 0 Å². The average Bonchev–Trinajstić information content (AvgIpc) is 2.52. The van der Waals surface area contributed by atoms with Gasteiger partial charge in [-0.3, -0.25) is 0 Å². The third-order valence-corrected chi connectivity index (χ3v) is 4.81. The summed E-state index contributed by atoms with van der Waals surface area (Å²) in [6.45, 7) is 2.02. The lowest BCUT2D eigenvalue weighted by Gasteiger charge is -2.28. The van der Waals surface area contributed by atoms with E-state index in [1.54, 1.807) is 30.0 Å². The Labute approximate surface area is 104 Å². The van der Waals surface area contributed by atoms with Crippen LogP contribution in [0.15, 0.2) is 18.2 Å². The highest BCUT2D eigenvalue weighted by molar-refractivity contribution is 8.00. The second-order valence-electron chi connectivity index (χ2n) is 3.81. The standard InChI is InChI=1S/C11H12Cl2OS/c1-7-11(14,4-5-15-7)9-6-8(12)2-3-10(9)13/h2-3,6-7,14H,4-5H2,1H3. The zero-order chi connectivity index (χ0) is 11.1. The van der Waals surface area contributed by atoms with Crippen molar-refractivity contribution >= 4 is 35.0 Å². The van der Waals surface area contributed by atoms with Crippen molar-refractivity contribution < 1.29 is 5.11 Å². The fourth-order valence-electron chi connectivity index (χ4n) is 1.92. The Morgan fingerprint density at radius 2 is 2.20 bits per heavy atom. The molecule has 0 aliphatic carbocycles. The summed E-state index contributed by atoms with van der Waals surface area (Å²) in [5.74, 6) is 0.959. The van der Waals surface area contributed by atoms with E-state index in [4.69, 9.17) is 23.2 Å². The highest BCUT2D eigenvalue weighted by atomic mass is 35.5. The molecule has 1 aliphatic rings. The minimum atomic E-state index is -0.827. The van der Waals surface area contributed by atoms with Crippen molar-refractivity contribution in [1.29, 1.82) is 0 Å². The van der Waals surface area contributed by atoms with E-state index in [1.807, 2.05) is 6.92 Å². The van der Waals surface area contributed by atoms with Gasteiger partial charge in [-0.1, -0.05) is 30.1 Å². The lowest BCUT2D eigenvalue weighted by molar-refractivity contribution is 0.0428. The Morgan fingerprint density at radius 1 is 1.47 bits per heavy atom. The van der Waals surface area contributed by atoms with Crippen LogP contribution >= 0.6 is 35.0 Å². The number of thioether (sulfide) groups is 1. The highest BCUT2D eigenvalue weighted by Gasteiger charge is 2.41. The van der Waals surface area contributed by atoms with Crippen LogP contribution in [0.1, 0.15) is 18.9 Å². The molecule has 15 heavy (non-hydrogen) atoms. The Kier molecular flexibility index (Phi) is 3.22. The maximum absolute atomic E-state index is 10.6. The minimum absolute atomic E-state index is 0.161. The van der Waals surface area contributed by atoms with Gasteiger partial charge in [-0.2, -0.15) is 11.8 Å². The van der Waals surface area contributed by atoms with E-state index >= 15 is 0 Å². The SMILES string of the molecule is CC1SCCC1(O)c1cc(Cl)ccc1Cl. The van der Waals surface area contributed by atoms with Crippen LogP contribution in [0.25, 0.3) is 0 Å². The van der Waals surface area contributed by atoms with Gasteiger partial charge in [-0.05, 0) is 30.4 Å². The number of rotatable bonds is 1. The molecule has 4 heteroatoms. The second kappa shape index (κ2) is 4.17. The first-order valence-corrected chi connectivity index (χ1v) is 6.64.